The summed E-state index contributed by atoms with van der Waals surface area (Å²) in [6.45, 7) is 0. The number of fused-ring (bicyclic) bond motifs is 6. The first-order chi connectivity index (χ1) is 8.90. The van der Waals surface area contributed by atoms with Crippen LogP contribution in [-0.2, 0) is 12.8 Å². The van der Waals surface area contributed by atoms with Gasteiger partial charge in [-0.2, -0.15) is 11.8 Å². The van der Waals surface area contributed by atoms with Gasteiger partial charge in [0.05, 0.1) is 0 Å². The van der Waals surface area contributed by atoms with Gasteiger partial charge in [0.2, 0.25) is 0 Å². The van der Waals surface area contributed by atoms with Crippen LogP contribution in [0.3, 0.4) is 0 Å². The van der Waals surface area contributed by atoms with Crippen LogP contribution in [0.2, 0.25) is 0 Å². The zero-order valence-electron chi connectivity index (χ0n) is 10.1. The summed E-state index contributed by atoms with van der Waals surface area (Å²) in [6.07, 6.45) is 3.93. The van der Waals surface area contributed by atoms with Crippen molar-refractivity contribution in [3.63, 3.8) is 0 Å². The van der Waals surface area contributed by atoms with Crippen LogP contribution in [-0.4, -0.2) is 5.75 Å². The summed E-state index contributed by atoms with van der Waals surface area (Å²) in [6, 6.07) is 7.37. The fourth-order valence-corrected chi connectivity index (χ4v) is 6.47. The van der Waals surface area contributed by atoms with Gasteiger partial charge in [0.25, 0.3) is 0 Å². The van der Waals surface area contributed by atoms with Gasteiger partial charge in [-0.1, -0.05) is 6.07 Å². The molecule has 0 spiro atoms. The van der Waals surface area contributed by atoms with E-state index in [1.165, 1.54) is 29.9 Å². The van der Waals surface area contributed by atoms with Crippen LogP contribution >= 0.6 is 23.1 Å². The molecule has 2 unspecified atom stereocenters. The van der Waals surface area contributed by atoms with Gasteiger partial charge in [0.1, 0.15) is 0 Å². The zero-order chi connectivity index (χ0) is 11.7. The predicted molar refractivity (Wildman–Crippen MR) is 79.6 cm³/mol. The number of hydrogen-bond acceptors (Lipinski definition) is 2. The Morgan fingerprint density at radius 3 is 3.11 bits per heavy atom. The van der Waals surface area contributed by atoms with Crippen molar-refractivity contribution in [3.05, 3.63) is 45.8 Å². The minimum absolute atomic E-state index is 0.823. The smallest absolute Gasteiger partial charge is 0.0381 e. The molecule has 1 aromatic carbocycles. The third-order valence-electron chi connectivity index (χ3n) is 4.74. The van der Waals surface area contributed by atoms with Gasteiger partial charge in [-0.05, 0) is 76.3 Å². The molecule has 1 fully saturated rings. The van der Waals surface area contributed by atoms with Crippen LogP contribution in [0.25, 0.3) is 10.4 Å². The fourth-order valence-electron chi connectivity index (χ4n) is 3.89. The van der Waals surface area contributed by atoms with Crippen LogP contribution in [0.1, 0.15) is 33.9 Å². The van der Waals surface area contributed by atoms with E-state index in [4.69, 9.17) is 0 Å². The maximum atomic E-state index is 2.54. The van der Waals surface area contributed by atoms with Gasteiger partial charge in [0.15, 0.2) is 0 Å². The Kier molecular flexibility index (Phi) is 1.92. The van der Waals surface area contributed by atoms with Crippen molar-refractivity contribution in [1.82, 2.24) is 0 Å². The quantitative estimate of drug-likeness (QED) is 0.572. The van der Waals surface area contributed by atoms with Crippen LogP contribution in [0.4, 0.5) is 0 Å². The zero-order valence-corrected chi connectivity index (χ0v) is 11.7. The van der Waals surface area contributed by atoms with E-state index < -0.39 is 0 Å². The molecule has 2 atom stereocenters. The Morgan fingerprint density at radius 1 is 1.11 bits per heavy atom. The summed E-state index contributed by atoms with van der Waals surface area (Å²) in [4.78, 5) is 1.54. The van der Waals surface area contributed by atoms with Gasteiger partial charge >= 0.3 is 0 Å². The highest BCUT2D eigenvalue weighted by molar-refractivity contribution is 7.99. The third kappa shape index (κ3) is 1.18. The summed E-state index contributed by atoms with van der Waals surface area (Å²) in [7, 11) is 0. The molecule has 0 N–H and O–H groups in total. The number of thioether (sulfide) groups is 1. The Morgan fingerprint density at radius 2 is 2.11 bits per heavy atom. The Balaban J connectivity index is 1.71. The maximum Gasteiger partial charge on any atom is 0.0381 e. The second kappa shape index (κ2) is 3.43. The summed E-state index contributed by atoms with van der Waals surface area (Å²) >= 11 is 4.11. The monoisotopic (exact) mass is 270 g/mol. The number of rotatable bonds is 0. The van der Waals surface area contributed by atoms with E-state index >= 15 is 0 Å². The Bertz CT molecular complexity index is 653. The van der Waals surface area contributed by atoms with E-state index in [0.717, 1.165) is 11.2 Å². The first kappa shape index (κ1) is 10.1. The number of hydrogen-bond donors (Lipinski definition) is 0. The van der Waals surface area contributed by atoms with Crippen molar-refractivity contribution in [2.75, 3.05) is 5.75 Å². The molecule has 3 aliphatic rings. The second-order valence-corrected chi connectivity index (χ2v) is 7.87. The molecule has 0 amide bonds. The maximum absolute atomic E-state index is 2.54. The summed E-state index contributed by atoms with van der Waals surface area (Å²) in [5.74, 6) is 2.31. The van der Waals surface area contributed by atoms with Gasteiger partial charge < -0.3 is 0 Å². The molecule has 2 aromatic rings. The Labute approximate surface area is 115 Å². The lowest BCUT2D eigenvalue weighted by Crippen LogP contribution is -1.96. The molecule has 90 valence electrons. The molecule has 1 aromatic heterocycles. The van der Waals surface area contributed by atoms with E-state index in [1.54, 1.807) is 27.8 Å². The molecule has 2 heterocycles. The predicted octanol–water partition coefficient (Wildman–Crippen LogP) is 4.67. The van der Waals surface area contributed by atoms with Crippen molar-refractivity contribution in [2.24, 2.45) is 5.92 Å². The summed E-state index contributed by atoms with van der Waals surface area (Å²) < 4.78 is 0. The average molecular weight is 270 g/mol. The number of benzene rings is 1. The summed E-state index contributed by atoms with van der Waals surface area (Å²) in [5.41, 5.74) is 8.01. The molecule has 0 bridgehead atoms. The highest BCUT2D eigenvalue weighted by atomic mass is 32.2. The first-order valence-electron chi connectivity index (χ1n) is 6.74. The molecule has 0 saturated carbocycles. The average Bonchev–Trinajstić information content (AvgIpc) is 3.04. The second-order valence-electron chi connectivity index (χ2n) is 5.70. The van der Waals surface area contributed by atoms with Crippen LogP contribution in [0.5, 0.6) is 0 Å². The van der Waals surface area contributed by atoms with Gasteiger partial charge in [0, 0.05) is 10.1 Å². The molecular formula is C16H14S2. The van der Waals surface area contributed by atoms with Crippen molar-refractivity contribution in [3.8, 4) is 10.4 Å². The minimum atomic E-state index is 0.823. The molecule has 2 aliphatic carbocycles. The minimum Gasteiger partial charge on any atom is -0.153 e. The fraction of sp³-hybridized carbons (Fsp3) is 0.375. The lowest BCUT2D eigenvalue weighted by molar-refractivity contribution is 0.563. The van der Waals surface area contributed by atoms with Crippen molar-refractivity contribution < 1.29 is 0 Å². The van der Waals surface area contributed by atoms with E-state index in [-0.39, 0.29) is 0 Å². The first-order valence-corrected chi connectivity index (χ1v) is 8.67. The van der Waals surface area contributed by atoms with E-state index in [0.29, 0.717) is 0 Å². The standard InChI is InChI=1S/C16H14S2/c1-3-17-15-9(1)5-11-7-14-12(8-13(11)15)6-10-2-4-18-16(10)14/h1,3,7-8,10,16H,2,4-6H2. The topological polar surface area (TPSA) is 0 Å². The molecular weight excluding hydrogens is 256 g/mol. The molecule has 1 aliphatic heterocycles. The highest BCUT2D eigenvalue weighted by Crippen LogP contribution is 2.54. The molecule has 0 nitrogen and oxygen atoms in total. The van der Waals surface area contributed by atoms with Gasteiger partial charge in [-0.15, -0.1) is 11.3 Å². The molecule has 0 radical (unpaired) electrons. The van der Waals surface area contributed by atoms with Crippen molar-refractivity contribution in [2.45, 2.75) is 24.5 Å². The molecule has 5 rings (SSSR count). The Hall–Kier alpha value is -0.730. The van der Waals surface area contributed by atoms with Crippen LogP contribution in [0, 0.1) is 5.92 Å². The van der Waals surface area contributed by atoms with Gasteiger partial charge in [-0.25, -0.2) is 0 Å². The molecule has 18 heavy (non-hydrogen) atoms. The van der Waals surface area contributed by atoms with Crippen molar-refractivity contribution in [1.29, 1.82) is 0 Å². The van der Waals surface area contributed by atoms with Crippen LogP contribution < -0.4 is 0 Å². The largest absolute Gasteiger partial charge is 0.153 e. The van der Waals surface area contributed by atoms with E-state index in [2.05, 4.69) is 35.3 Å². The highest BCUT2D eigenvalue weighted by Gasteiger charge is 2.38. The van der Waals surface area contributed by atoms with E-state index in [9.17, 15) is 0 Å². The van der Waals surface area contributed by atoms with E-state index in [1.807, 2.05) is 11.3 Å². The molecule has 2 heteroatoms. The normalized spacial score (nSPS) is 26.9. The third-order valence-corrected chi connectivity index (χ3v) is 7.20. The number of thiophene rings is 1. The van der Waals surface area contributed by atoms with Gasteiger partial charge in [-0.3, -0.25) is 0 Å². The lowest BCUT2D eigenvalue weighted by Gasteiger charge is -2.10. The van der Waals surface area contributed by atoms with Crippen molar-refractivity contribution >= 4 is 23.1 Å². The lowest BCUT2D eigenvalue weighted by atomic mass is 10.0. The molecule has 1 saturated heterocycles. The SMILES string of the molecule is c1cc2c(s1)-c1cc3c(cc1C2)C1SCCC1C3. The van der Waals surface area contributed by atoms with Crippen LogP contribution in [0.15, 0.2) is 23.6 Å². The summed E-state index contributed by atoms with van der Waals surface area (Å²) in [5, 5.41) is 3.06.